The molecule has 32 heavy (non-hydrogen) atoms. The maximum absolute atomic E-state index is 14.1. The van der Waals surface area contributed by atoms with Gasteiger partial charge in [-0.1, -0.05) is 46.0 Å². The highest BCUT2D eigenvalue weighted by Gasteiger charge is 2.62. The zero-order valence-electron chi connectivity index (χ0n) is 15.5. The van der Waals surface area contributed by atoms with Crippen LogP contribution in [0.1, 0.15) is 24.0 Å². The molecule has 1 heterocycles. The molecule has 1 N–H and O–H groups in total. The van der Waals surface area contributed by atoms with Gasteiger partial charge in [0.05, 0.1) is 16.4 Å². The van der Waals surface area contributed by atoms with Crippen molar-refractivity contribution in [3.05, 3.63) is 62.6 Å². The lowest BCUT2D eigenvalue weighted by Crippen LogP contribution is -2.42. The second kappa shape index (κ2) is 8.64. The summed E-state index contributed by atoms with van der Waals surface area (Å²) in [5.41, 5.74) is -3.63. The van der Waals surface area contributed by atoms with Crippen LogP contribution in [0, 0.1) is 0 Å². The molecule has 1 amide bonds. The van der Waals surface area contributed by atoms with Crippen LogP contribution in [0.5, 0.6) is 0 Å². The number of alkyl halides is 6. The highest BCUT2D eigenvalue weighted by molar-refractivity contribution is 6.35. The fourth-order valence-electron chi connectivity index (χ4n) is 3.02. The van der Waals surface area contributed by atoms with E-state index in [1.54, 1.807) is 0 Å². The maximum Gasteiger partial charge on any atom is 0.435 e. The van der Waals surface area contributed by atoms with Crippen molar-refractivity contribution >= 4 is 52.1 Å². The molecule has 0 bridgehead atoms. The van der Waals surface area contributed by atoms with Crippen molar-refractivity contribution in [1.29, 1.82) is 0 Å². The summed E-state index contributed by atoms with van der Waals surface area (Å²) < 4.78 is 79.4. The molecule has 0 saturated heterocycles. The standard InChI is InChI=1S/C19H11Cl3F6N2O2/c20-11-4-10(5-12(21)6-11)17(19(26,27)28)7-15(30-32-17)9-1-2-13(22)14(3-9)29-16(31)8-18(23,24)25/h1-6H,7-8H2,(H,29,31). The number of carbonyl (C=O) groups is 1. The smallest absolute Gasteiger partial charge is 0.374 e. The molecule has 0 spiro atoms. The molecule has 0 radical (unpaired) electrons. The van der Waals surface area contributed by atoms with Crippen molar-refractivity contribution in [3.63, 3.8) is 0 Å². The molecular weight excluding hydrogens is 509 g/mol. The van der Waals surface area contributed by atoms with Gasteiger partial charge in [0.25, 0.3) is 5.60 Å². The summed E-state index contributed by atoms with van der Waals surface area (Å²) >= 11 is 17.6. The van der Waals surface area contributed by atoms with E-state index < -0.39 is 36.7 Å². The summed E-state index contributed by atoms with van der Waals surface area (Å²) in [6.45, 7) is 0. The van der Waals surface area contributed by atoms with E-state index in [9.17, 15) is 31.1 Å². The van der Waals surface area contributed by atoms with Crippen LogP contribution in [0.3, 0.4) is 0 Å². The molecule has 1 atom stereocenters. The Morgan fingerprint density at radius 1 is 1.03 bits per heavy atom. The number of nitrogens with zero attached hydrogens (tertiary/aromatic N) is 1. The predicted molar refractivity (Wildman–Crippen MR) is 107 cm³/mol. The van der Waals surface area contributed by atoms with Gasteiger partial charge in [-0.15, -0.1) is 0 Å². The number of amides is 1. The molecule has 1 aliphatic heterocycles. The monoisotopic (exact) mass is 518 g/mol. The van der Waals surface area contributed by atoms with Gasteiger partial charge in [-0.2, -0.15) is 26.3 Å². The SMILES string of the molecule is O=C(CC(F)(F)F)Nc1cc(C2=NOC(c3cc(Cl)cc(Cl)c3)(C(F)(F)F)C2)ccc1Cl. The lowest BCUT2D eigenvalue weighted by atomic mass is 9.86. The van der Waals surface area contributed by atoms with Gasteiger partial charge >= 0.3 is 12.4 Å². The lowest BCUT2D eigenvalue weighted by Gasteiger charge is -2.29. The quantitative estimate of drug-likeness (QED) is 0.437. The minimum atomic E-state index is -4.93. The molecule has 3 rings (SSSR count). The Labute approximate surface area is 192 Å². The Bertz CT molecular complexity index is 1070. The van der Waals surface area contributed by atoms with Crippen molar-refractivity contribution < 1.29 is 36.0 Å². The molecule has 0 aliphatic carbocycles. The summed E-state index contributed by atoms with van der Waals surface area (Å²) in [5.74, 6) is -1.39. The first kappa shape index (κ1) is 24.5. The largest absolute Gasteiger partial charge is 0.435 e. The fourth-order valence-corrected chi connectivity index (χ4v) is 3.71. The number of rotatable bonds is 4. The zero-order valence-corrected chi connectivity index (χ0v) is 17.8. The van der Waals surface area contributed by atoms with Crippen LogP contribution in [0.4, 0.5) is 32.0 Å². The van der Waals surface area contributed by atoms with Crippen LogP contribution in [0.25, 0.3) is 0 Å². The van der Waals surface area contributed by atoms with Crippen LogP contribution in [-0.2, 0) is 15.2 Å². The third-order valence-electron chi connectivity index (χ3n) is 4.45. The summed E-state index contributed by atoms with van der Waals surface area (Å²) in [6.07, 6.45) is -12.2. The van der Waals surface area contributed by atoms with Gasteiger partial charge in [-0.3, -0.25) is 4.79 Å². The van der Waals surface area contributed by atoms with Crippen molar-refractivity contribution in [2.24, 2.45) is 5.16 Å². The first-order valence-corrected chi connectivity index (χ1v) is 9.78. The maximum atomic E-state index is 14.1. The Morgan fingerprint density at radius 3 is 2.22 bits per heavy atom. The van der Waals surface area contributed by atoms with Gasteiger partial charge in [0.15, 0.2) is 0 Å². The predicted octanol–water partition coefficient (Wildman–Crippen LogP) is 7.12. The van der Waals surface area contributed by atoms with E-state index in [-0.39, 0.29) is 37.6 Å². The van der Waals surface area contributed by atoms with E-state index in [0.717, 1.165) is 18.2 Å². The minimum Gasteiger partial charge on any atom is -0.374 e. The molecule has 4 nitrogen and oxygen atoms in total. The summed E-state index contributed by atoms with van der Waals surface area (Å²) in [6, 6.07) is 6.95. The van der Waals surface area contributed by atoms with Crippen LogP contribution >= 0.6 is 34.8 Å². The molecule has 172 valence electrons. The molecular formula is C19H11Cl3F6N2O2. The highest BCUT2D eigenvalue weighted by atomic mass is 35.5. The Kier molecular flexibility index (Phi) is 6.61. The number of hydrogen-bond donors (Lipinski definition) is 1. The van der Waals surface area contributed by atoms with Gasteiger partial charge < -0.3 is 10.2 Å². The summed E-state index contributed by atoms with van der Waals surface area (Å²) in [5, 5.41) is 5.32. The Hall–Kier alpha value is -2.17. The number of benzene rings is 2. The first-order chi connectivity index (χ1) is 14.7. The fraction of sp³-hybridized carbons (Fsp3) is 0.263. The van der Waals surface area contributed by atoms with Crippen molar-refractivity contribution in [1.82, 2.24) is 0 Å². The third kappa shape index (κ3) is 5.24. The highest BCUT2D eigenvalue weighted by Crippen LogP contribution is 2.49. The molecule has 2 aromatic carbocycles. The molecule has 1 aliphatic rings. The molecule has 1 unspecified atom stereocenters. The van der Waals surface area contributed by atoms with Gasteiger partial charge in [0.2, 0.25) is 5.91 Å². The molecule has 0 fully saturated rings. The first-order valence-electron chi connectivity index (χ1n) is 8.65. The number of nitrogens with one attached hydrogen (secondary N) is 1. The van der Waals surface area contributed by atoms with Gasteiger partial charge in [-0.25, -0.2) is 0 Å². The van der Waals surface area contributed by atoms with Crippen molar-refractivity contribution in [2.75, 3.05) is 5.32 Å². The van der Waals surface area contributed by atoms with Crippen molar-refractivity contribution in [3.8, 4) is 0 Å². The zero-order chi connectivity index (χ0) is 23.9. The van der Waals surface area contributed by atoms with Gasteiger partial charge in [-0.05, 0) is 30.3 Å². The van der Waals surface area contributed by atoms with Crippen LogP contribution in [-0.4, -0.2) is 24.0 Å². The number of oxime groups is 1. The Balaban J connectivity index is 1.92. The molecule has 0 aromatic heterocycles. The van der Waals surface area contributed by atoms with Gasteiger partial charge in [0, 0.05) is 27.6 Å². The topological polar surface area (TPSA) is 50.7 Å². The number of halogens is 9. The summed E-state index contributed by atoms with van der Waals surface area (Å²) in [7, 11) is 0. The third-order valence-corrected chi connectivity index (χ3v) is 5.22. The number of carbonyl (C=O) groups excluding carboxylic acids is 1. The van der Waals surface area contributed by atoms with Crippen molar-refractivity contribution in [2.45, 2.75) is 30.8 Å². The lowest BCUT2D eigenvalue weighted by molar-refractivity contribution is -0.275. The van der Waals surface area contributed by atoms with E-state index in [1.807, 2.05) is 5.32 Å². The number of anilines is 1. The van der Waals surface area contributed by atoms with Crippen LogP contribution in [0.15, 0.2) is 41.6 Å². The average molecular weight is 520 g/mol. The van der Waals surface area contributed by atoms with E-state index in [1.165, 1.54) is 18.2 Å². The second-order valence-corrected chi connectivity index (χ2v) is 8.10. The number of hydrogen-bond acceptors (Lipinski definition) is 3. The summed E-state index contributed by atoms with van der Waals surface area (Å²) in [4.78, 5) is 16.4. The normalized spacial score (nSPS) is 18.8. The minimum absolute atomic E-state index is 0.0469. The van der Waals surface area contributed by atoms with Gasteiger partial charge in [0.1, 0.15) is 6.42 Å². The Morgan fingerprint density at radius 2 is 1.66 bits per heavy atom. The molecule has 13 heteroatoms. The van der Waals surface area contributed by atoms with E-state index in [4.69, 9.17) is 39.6 Å². The van der Waals surface area contributed by atoms with Crippen LogP contribution < -0.4 is 5.32 Å². The second-order valence-electron chi connectivity index (χ2n) is 6.82. The van der Waals surface area contributed by atoms with E-state index in [0.29, 0.717) is 0 Å². The average Bonchev–Trinajstić information content (AvgIpc) is 3.08. The van der Waals surface area contributed by atoms with E-state index in [2.05, 4.69) is 5.16 Å². The molecule has 2 aromatic rings. The van der Waals surface area contributed by atoms with Crippen LogP contribution in [0.2, 0.25) is 15.1 Å². The van der Waals surface area contributed by atoms with E-state index >= 15 is 0 Å². The molecule has 0 saturated carbocycles.